The Morgan fingerprint density at radius 3 is 2.69 bits per heavy atom. The van der Waals surface area contributed by atoms with Crippen LogP contribution in [0.5, 0.6) is 0 Å². The second kappa shape index (κ2) is 10.4. The molecular formula is C24H30FN5O2. The average molecular weight is 440 g/mol. The highest BCUT2D eigenvalue weighted by Gasteiger charge is 2.28. The van der Waals surface area contributed by atoms with Crippen molar-refractivity contribution >= 4 is 17.6 Å². The number of amides is 2. The minimum absolute atomic E-state index is 0.0506. The molecule has 1 unspecified atom stereocenters. The zero-order valence-corrected chi connectivity index (χ0v) is 18.8. The predicted octanol–water partition coefficient (Wildman–Crippen LogP) is 2.76. The predicted molar refractivity (Wildman–Crippen MR) is 123 cm³/mol. The Morgan fingerprint density at radius 2 is 2.09 bits per heavy atom. The fourth-order valence-electron chi connectivity index (χ4n) is 3.90. The van der Waals surface area contributed by atoms with Crippen LogP contribution in [0.3, 0.4) is 0 Å². The van der Waals surface area contributed by atoms with Crippen LogP contribution in [0.25, 0.3) is 0 Å². The summed E-state index contributed by atoms with van der Waals surface area (Å²) in [5.41, 5.74) is 1.86. The number of aromatic nitrogens is 1. The highest BCUT2D eigenvalue weighted by Crippen LogP contribution is 2.23. The molecule has 3 rings (SSSR count). The van der Waals surface area contributed by atoms with Crippen LogP contribution in [0.15, 0.2) is 49.2 Å². The van der Waals surface area contributed by atoms with Crippen LogP contribution in [0.1, 0.15) is 34.5 Å². The van der Waals surface area contributed by atoms with Gasteiger partial charge in [0.1, 0.15) is 11.6 Å². The topological polar surface area (TPSA) is 77.6 Å². The molecule has 1 aliphatic rings. The van der Waals surface area contributed by atoms with Crippen LogP contribution in [-0.4, -0.2) is 65.9 Å². The first-order valence-electron chi connectivity index (χ1n) is 10.7. The fraction of sp³-hybridized carbons (Fsp3) is 0.375. The van der Waals surface area contributed by atoms with Gasteiger partial charge in [-0.1, -0.05) is 18.7 Å². The standard InChI is InChI=1S/C24H30FN5O2/c1-5-23(31)30-11-10-29(14-17(30)3)15-21(18-7-6-16(2)20(25)12-18)28-22-9-8-19(13-27-22)24(32)26-4/h5-9,12-13,17,21H,1,10-11,14-15H2,2-4H3,(H,26,32)(H,27,28)/t17-,21?/m1/s1. The molecule has 1 aromatic carbocycles. The number of pyridine rings is 1. The SMILES string of the molecule is C=CC(=O)N1CCN(CC(Nc2ccc(C(=O)NC)cn2)c2ccc(C)c(F)c2)C[C@H]1C. The molecule has 8 heteroatoms. The van der Waals surface area contributed by atoms with Gasteiger partial charge in [-0.2, -0.15) is 0 Å². The van der Waals surface area contributed by atoms with E-state index in [0.29, 0.717) is 43.1 Å². The number of benzene rings is 1. The molecule has 0 spiro atoms. The van der Waals surface area contributed by atoms with Gasteiger partial charge in [0.25, 0.3) is 5.91 Å². The lowest BCUT2D eigenvalue weighted by molar-refractivity contribution is -0.130. The summed E-state index contributed by atoms with van der Waals surface area (Å²) in [6.07, 6.45) is 2.86. The number of carbonyl (C=O) groups excluding carboxylic acids is 2. The van der Waals surface area contributed by atoms with Crippen molar-refractivity contribution in [3.63, 3.8) is 0 Å². The molecule has 1 fully saturated rings. The lowest BCUT2D eigenvalue weighted by atomic mass is 10.0. The van der Waals surface area contributed by atoms with Crippen molar-refractivity contribution in [2.45, 2.75) is 25.9 Å². The van der Waals surface area contributed by atoms with Gasteiger partial charge in [-0.25, -0.2) is 9.37 Å². The van der Waals surface area contributed by atoms with Gasteiger partial charge in [0, 0.05) is 45.5 Å². The highest BCUT2D eigenvalue weighted by atomic mass is 19.1. The van der Waals surface area contributed by atoms with E-state index in [1.54, 1.807) is 38.2 Å². The molecule has 170 valence electrons. The lowest BCUT2D eigenvalue weighted by Crippen LogP contribution is -2.54. The number of nitrogens with one attached hydrogen (secondary N) is 2. The first kappa shape index (κ1) is 23.4. The Kier molecular flexibility index (Phi) is 7.58. The average Bonchev–Trinajstić information content (AvgIpc) is 2.80. The third-order valence-corrected chi connectivity index (χ3v) is 5.78. The van der Waals surface area contributed by atoms with Crippen molar-refractivity contribution in [2.75, 3.05) is 38.5 Å². The Balaban J connectivity index is 1.79. The maximum Gasteiger partial charge on any atom is 0.252 e. The van der Waals surface area contributed by atoms with E-state index in [4.69, 9.17) is 0 Å². The Labute approximate surface area is 188 Å². The number of halogens is 1. The zero-order valence-electron chi connectivity index (χ0n) is 18.8. The largest absolute Gasteiger partial charge is 0.362 e. The summed E-state index contributed by atoms with van der Waals surface area (Å²) >= 11 is 0. The second-order valence-electron chi connectivity index (χ2n) is 8.06. The normalized spacial score (nSPS) is 17.5. The fourth-order valence-corrected chi connectivity index (χ4v) is 3.90. The first-order chi connectivity index (χ1) is 15.3. The van der Waals surface area contributed by atoms with E-state index in [1.807, 2.05) is 17.9 Å². The van der Waals surface area contributed by atoms with Crippen molar-refractivity contribution in [1.29, 1.82) is 0 Å². The van der Waals surface area contributed by atoms with E-state index in [1.165, 1.54) is 12.3 Å². The van der Waals surface area contributed by atoms with Gasteiger partial charge in [-0.15, -0.1) is 0 Å². The molecule has 0 saturated carbocycles. The lowest BCUT2D eigenvalue weighted by Gasteiger charge is -2.40. The molecule has 2 amide bonds. The molecule has 2 aromatic rings. The number of hydrogen-bond acceptors (Lipinski definition) is 5. The van der Waals surface area contributed by atoms with Gasteiger partial charge < -0.3 is 15.5 Å². The number of rotatable bonds is 7. The first-order valence-corrected chi connectivity index (χ1v) is 10.7. The molecule has 2 N–H and O–H groups in total. The van der Waals surface area contributed by atoms with Crippen molar-refractivity contribution < 1.29 is 14.0 Å². The van der Waals surface area contributed by atoms with Crippen molar-refractivity contribution in [3.8, 4) is 0 Å². The van der Waals surface area contributed by atoms with E-state index in [2.05, 4.69) is 27.1 Å². The van der Waals surface area contributed by atoms with E-state index in [-0.39, 0.29) is 29.7 Å². The minimum atomic E-state index is -0.257. The van der Waals surface area contributed by atoms with Crippen LogP contribution in [0.2, 0.25) is 0 Å². The molecule has 32 heavy (non-hydrogen) atoms. The third-order valence-electron chi connectivity index (χ3n) is 5.78. The smallest absolute Gasteiger partial charge is 0.252 e. The van der Waals surface area contributed by atoms with Gasteiger partial charge in [-0.05, 0) is 49.2 Å². The summed E-state index contributed by atoms with van der Waals surface area (Å²) < 4.78 is 14.3. The van der Waals surface area contributed by atoms with E-state index in [9.17, 15) is 14.0 Å². The van der Waals surface area contributed by atoms with Gasteiger partial charge in [0.2, 0.25) is 5.91 Å². The summed E-state index contributed by atoms with van der Waals surface area (Å²) in [6, 6.07) is 8.49. The molecule has 1 aromatic heterocycles. The van der Waals surface area contributed by atoms with Crippen LogP contribution in [0, 0.1) is 12.7 Å². The minimum Gasteiger partial charge on any atom is -0.362 e. The molecule has 2 heterocycles. The van der Waals surface area contributed by atoms with Crippen LogP contribution in [0.4, 0.5) is 10.2 Å². The molecule has 0 radical (unpaired) electrons. The Hall–Kier alpha value is -3.26. The third kappa shape index (κ3) is 5.50. The summed E-state index contributed by atoms with van der Waals surface area (Å²) in [5, 5.41) is 5.96. The number of anilines is 1. The number of nitrogens with zero attached hydrogens (tertiary/aromatic N) is 3. The summed E-state index contributed by atoms with van der Waals surface area (Å²) in [6.45, 7) is 9.96. The Bertz CT molecular complexity index is 979. The molecule has 2 atom stereocenters. The zero-order chi connectivity index (χ0) is 23.3. The van der Waals surface area contributed by atoms with Gasteiger partial charge in [0.15, 0.2) is 0 Å². The second-order valence-corrected chi connectivity index (χ2v) is 8.06. The molecule has 7 nitrogen and oxygen atoms in total. The maximum absolute atomic E-state index is 14.3. The van der Waals surface area contributed by atoms with Crippen molar-refractivity contribution in [1.82, 2.24) is 20.1 Å². The number of carbonyl (C=O) groups is 2. The molecule has 1 aliphatic heterocycles. The van der Waals surface area contributed by atoms with Gasteiger partial charge in [0.05, 0.1) is 11.6 Å². The van der Waals surface area contributed by atoms with E-state index >= 15 is 0 Å². The molecule has 0 bridgehead atoms. The number of hydrogen-bond donors (Lipinski definition) is 2. The van der Waals surface area contributed by atoms with E-state index in [0.717, 1.165) is 5.56 Å². The quantitative estimate of drug-likeness (QED) is 0.649. The van der Waals surface area contributed by atoms with Crippen LogP contribution in [-0.2, 0) is 4.79 Å². The highest BCUT2D eigenvalue weighted by molar-refractivity contribution is 5.93. The summed E-state index contributed by atoms with van der Waals surface area (Å²) in [7, 11) is 1.57. The van der Waals surface area contributed by atoms with Crippen molar-refractivity contribution in [2.24, 2.45) is 0 Å². The Morgan fingerprint density at radius 1 is 1.31 bits per heavy atom. The van der Waals surface area contributed by atoms with Gasteiger partial charge in [-0.3, -0.25) is 14.5 Å². The number of aryl methyl sites for hydroxylation is 1. The molecule has 1 saturated heterocycles. The van der Waals surface area contributed by atoms with Crippen molar-refractivity contribution in [3.05, 3.63) is 71.7 Å². The number of piperazine rings is 1. The summed E-state index contributed by atoms with van der Waals surface area (Å²) in [4.78, 5) is 32.2. The molecule has 0 aliphatic carbocycles. The molecular weight excluding hydrogens is 409 g/mol. The van der Waals surface area contributed by atoms with Gasteiger partial charge >= 0.3 is 0 Å². The summed E-state index contributed by atoms with van der Waals surface area (Å²) in [5.74, 6) is 0.0686. The maximum atomic E-state index is 14.3. The van der Waals surface area contributed by atoms with Crippen LogP contribution < -0.4 is 10.6 Å². The van der Waals surface area contributed by atoms with Crippen LogP contribution >= 0.6 is 0 Å². The monoisotopic (exact) mass is 439 g/mol. The van der Waals surface area contributed by atoms with E-state index < -0.39 is 0 Å².